The van der Waals surface area contributed by atoms with Gasteiger partial charge < -0.3 is 9.47 Å². The summed E-state index contributed by atoms with van der Waals surface area (Å²) in [6, 6.07) is 13.7. The van der Waals surface area contributed by atoms with E-state index in [0.717, 1.165) is 31.9 Å². The summed E-state index contributed by atoms with van der Waals surface area (Å²) in [5.74, 6) is -0.769. The van der Waals surface area contributed by atoms with Gasteiger partial charge in [0.15, 0.2) is 11.5 Å². The van der Waals surface area contributed by atoms with Crippen molar-refractivity contribution in [3.05, 3.63) is 95.9 Å². The van der Waals surface area contributed by atoms with Gasteiger partial charge in [-0.2, -0.15) is 13.2 Å². The second-order valence-electron chi connectivity index (χ2n) is 7.84. The first kappa shape index (κ1) is 27.4. The fourth-order valence-electron chi connectivity index (χ4n) is 3.46. The van der Waals surface area contributed by atoms with Crippen LogP contribution in [0.1, 0.15) is 16.7 Å². The molecule has 0 unspecified atom stereocenters. The van der Waals surface area contributed by atoms with Gasteiger partial charge >= 0.3 is 11.9 Å². The number of methoxy groups -OCH3 is 1. The van der Waals surface area contributed by atoms with Crippen LogP contribution in [0.15, 0.2) is 65.6 Å². The van der Waals surface area contributed by atoms with E-state index in [2.05, 4.69) is 22.6 Å². The Kier molecular flexibility index (Phi) is 7.97. The van der Waals surface area contributed by atoms with Crippen LogP contribution in [0.3, 0.4) is 0 Å². The molecule has 3 aromatic carbocycles. The number of nitrogens with zero attached hydrogens (tertiary/aromatic N) is 2. The molecular formula is C25H16F3IN2O6S. The van der Waals surface area contributed by atoms with Crippen LogP contribution in [0.25, 0.3) is 6.08 Å². The van der Waals surface area contributed by atoms with E-state index in [4.69, 9.17) is 9.47 Å². The van der Waals surface area contributed by atoms with E-state index in [-0.39, 0.29) is 22.9 Å². The molecule has 0 aromatic heterocycles. The van der Waals surface area contributed by atoms with Crippen molar-refractivity contribution in [2.75, 3.05) is 7.11 Å². The highest BCUT2D eigenvalue weighted by molar-refractivity contribution is 14.1. The molecule has 1 aliphatic rings. The van der Waals surface area contributed by atoms with Gasteiger partial charge in [-0.3, -0.25) is 24.6 Å². The molecule has 1 fully saturated rings. The molecule has 0 saturated carbocycles. The number of rotatable bonds is 7. The zero-order valence-electron chi connectivity index (χ0n) is 19.3. The normalized spacial score (nSPS) is 14.8. The van der Waals surface area contributed by atoms with Crippen molar-refractivity contribution >= 4 is 57.3 Å². The second kappa shape index (κ2) is 11.0. The van der Waals surface area contributed by atoms with E-state index >= 15 is 0 Å². The van der Waals surface area contributed by atoms with Crippen molar-refractivity contribution in [2.45, 2.75) is 12.7 Å². The maximum atomic E-state index is 13.0. The summed E-state index contributed by atoms with van der Waals surface area (Å²) in [5, 5.41) is 10.9. The molecule has 0 N–H and O–H groups in total. The summed E-state index contributed by atoms with van der Waals surface area (Å²) in [4.78, 5) is 37.0. The number of carbonyl (C=O) groups is 2. The van der Waals surface area contributed by atoms with E-state index in [1.54, 1.807) is 0 Å². The summed E-state index contributed by atoms with van der Waals surface area (Å²) < 4.78 is 50.8. The zero-order chi connectivity index (χ0) is 27.6. The molecule has 13 heteroatoms. The Morgan fingerprint density at radius 1 is 1.03 bits per heavy atom. The monoisotopic (exact) mass is 656 g/mol. The summed E-state index contributed by atoms with van der Waals surface area (Å²) in [7, 11) is 1.31. The number of thioether (sulfide) groups is 1. The van der Waals surface area contributed by atoms with Gasteiger partial charge in [0.25, 0.3) is 11.1 Å². The van der Waals surface area contributed by atoms with E-state index in [1.807, 2.05) is 24.3 Å². The number of halogens is 4. The number of hydrogen-bond donors (Lipinski definition) is 0. The average molecular weight is 656 g/mol. The number of imide groups is 1. The second-order valence-corrected chi connectivity index (χ2v) is 10.1. The Labute approximate surface area is 231 Å². The van der Waals surface area contributed by atoms with Crippen molar-refractivity contribution in [2.24, 2.45) is 0 Å². The van der Waals surface area contributed by atoms with Crippen LogP contribution in [0.5, 0.6) is 17.2 Å². The molecule has 4 rings (SSSR count). The lowest BCUT2D eigenvalue weighted by Crippen LogP contribution is -2.27. The van der Waals surface area contributed by atoms with Crippen LogP contribution in [-0.4, -0.2) is 28.1 Å². The van der Waals surface area contributed by atoms with Gasteiger partial charge in [-0.25, -0.2) is 0 Å². The number of alkyl halides is 3. The molecule has 0 radical (unpaired) electrons. The number of hydrogen-bond acceptors (Lipinski definition) is 7. The largest absolute Gasteiger partial charge is 0.493 e. The quantitative estimate of drug-likeness (QED) is 0.114. The summed E-state index contributed by atoms with van der Waals surface area (Å²) in [5.41, 5.74) is -0.784. The van der Waals surface area contributed by atoms with Crippen LogP contribution in [-0.2, 0) is 17.5 Å². The Morgan fingerprint density at radius 2 is 1.71 bits per heavy atom. The maximum Gasteiger partial charge on any atom is 0.416 e. The van der Waals surface area contributed by atoms with Gasteiger partial charge in [-0.15, -0.1) is 0 Å². The highest BCUT2D eigenvalue weighted by atomic mass is 127. The van der Waals surface area contributed by atoms with Gasteiger partial charge in [0.05, 0.1) is 29.0 Å². The molecule has 1 saturated heterocycles. The number of benzene rings is 3. The van der Waals surface area contributed by atoms with Crippen molar-refractivity contribution < 1.29 is 37.2 Å². The standard InChI is InChI=1S/C25H16F3IN2O6S/c1-36-21-10-15(11-22-23(32)30(24(33)38-22)13-14-2-6-17(29)7-3-14)4-8-20(21)37-19-9-5-16(25(26,27)28)12-18(19)31(34)35/h2-12H,13H2,1H3/b22-11-. The first-order chi connectivity index (χ1) is 18.0. The van der Waals surface area contributed by atoms with Crippen LogP contribution < -0.4 is 9.47 Å². The Bertz CT molecular complexity index is 1460. The van der Waals surface area contributed by atoms with E-state index in [0.29, 0.717) is 17.7 Å². The Hall–Kier alpha value is -3.59. The van der Waals surface area contributed by atoms with Crippen LogP contribution >= 0.6 is 34.4 Å². The molecule has 1 heterocycles. The SMILES string of the molecule is COc1cc(/C=C2\SC(=O)N(Cc3ccc(I)cc3)C2=O)ccc1Oc1ccc(C(F)(F)F)cc1[N+](=O)[O-]. The Balaban J connectivity index is 1.57. The first-order valence-corrected chi connectivity index (χ1v) is 12.6. The smallest absolute Gasteiger partial charge is 0.416 e. The van der Waals surface area contributed by atoms with Crippen LogP contribution in [0, 0.1) is 13.7 Å². The fraction of sp³-hybridized carbons (Fsp3) is 0.120. The third kappa shape index (κ3) is 6.10. The van der Waals surface area contributed by atoms with Crippen molar-refractivity contribution in [1.82, 2.24) is 4.90 Å². The molecule has 2 amide bonds. The van der Waals surface area contributed by atoms with Crippen LogP contribution in [0.2, 0.25) is 0 Å². The van der Waals surface area contributed by atoms with E-state index in [9.17, 15) is 32.9 Å². The molecule has 3 aromatic rings. The van der Waals surface area contributed by atoms with Gasteiger partial charge in [0, 0.05) is 9.64 Å². The molecule has 0 atom stereocenters. The molecule has 8 nitrogen and oxygen atoms in total. The lowest BCUT2D eigenvalue weighted by molar-refractivity contribution is -0.385. The first-order valence-electron chi connectivity index (χ1n) is 10.7. The molecule has 196 valence electrons. The third-order valence-corrected chi connectivity index (χ3v) is 6.94. The average Bonchev–Trinajstić information content (AvgIpc) is 3.12. The minimum absolute atomic E-state index is 0.000627. The minimum atomic E-state index is -4.76. The maximum absolute atomic E-state index is 13.0. The molecule has 1 aliphatic heterocycles. The molecule has 0 spiro atoms. The summed E-state index contributed by atoms with van der Waals surface area (Å²) >= 11 is 2.94. The zero-order valence-corrected chi connectivity index (χ0v) is 22.3. The van der Waals surface area contributed by atoms with Gasteiger partial charge in [-0.05, 0) is 88.0 Å². The van der Waals surface area contributed by atoms with E-state index in [1.165, 1.54) is 31.4 Å². The van der Waals surface area contributed by atoms with Gasteiger partial charge in [0.2, 0.25) is 5.75 Å². The van der Waals surface area contributed by atoms with Gasteiger partial charge in [-0.1, -0.05) is 18.2 Å². The number of nitro groups is 1. The van der Waals surface area contributed by atoms with Crippen molar-refractivity contribution in [3.8, 4) is 17.2 Å². The lowest BCUT2D eigenvalue weighted by Gasteiger charge is -2.13. The number of carbonyl (C=O) groups excluding carboxylic acids is 2. The topological polar surface area (TPSA) is 99.0 Å². The van der Waals surface area contributed by atoms with Crippen LogP contribution in [0.4, 0.5) is 23.7 Å². The van der Waals surface area contributed by atoms with E-state index < -0.39 is 39.2 Å². The predicted molar refractivity (Wildman–Crippen MR) is 142 cm³/mol. The fourth-order valence-corrected chi connectivity index (χ4v) is 4.66. The Morgan fingerprint density at radius 3 is 2.34 bits per heavy atom. The molecule has 0 bridgehead atoms. The highest BCUT2D eigenvalue weighted by Crippen LogP contribution is 2.41. The highest BCUT2D eigenvalue weighted by Gasteiger charge is 2.35. The van der Waals surface area contributed by atoms with Crippen molar-refractivity contribution in [3.63, 3.8) is 0 Å². The molecule has 38 heavy (non-hydrogen) atoms. The van der Waals surface area contributed by atoms with Gasteiger partial charge in [0.1, 0.15) is 0 Å². The molecular weight excluding hydrogens is 640 g/mol. The summed E-state index contributed by atoms with van der Waals surface area (Å²) in [6.45, 7) is 0.126. The predicted octanol–water partition coefficient (Wildman–Crippen LogP) is 7.26. The molecule has 0 aliphatic carbocycles. The number of nitro benzene ring substituents is 1. The minimum Gasteiger partial charge on any atom is -0.493 e. The number of ether oxygens (including phenoxy) is 2. The summed E-state index contributed by atoms with van der Waals surface area (Å²) in [6.07, 6.45) is -3.27. The number of amides is 2. The third-order valence-electron chi connectivity index (χ3n) is 5.32. The lowest BCUT2D eigenvalue weighted by atomic mass is 10.1. The van der Waals surface area contributed by atoms with Crippen molar-refractivity contribution in [1.29, 1.82) is 0 Å².